The summed E-state index contributed by atoms with van der Waals surface area (Å²) in [5.41, 5.74) is 3.00. The molecule has 0 bridgehead atoms. The number of halogens is 1. The van der Waals surface area contributed by atoms with Gasteiger partial charge in [-0.2, -0.15) is 0 Å². The van der Waals surface area contributed by atoms with Crippen LogP contribution in [0.3, 0.4) is 0 Å². The zero-order chi connectivity index (χ0) is 18.5. The maximum atomic E-state index is 13.9. The predicted octanol–water partition coefficient (Wildman–Crippen LogP) is 3.82. The van der Waals surface area contributed by atoms with Gasteiger partial charge in [0.25, 0.3) is 0 Å². The first-order chi connectivity index (χ1) is 12.4. The molecule has 2 aromatic heterocycles. The molecule has 0 saturated carbocycles. The van der Waals surface area contributed by atoms with Crippen molar-refractivity contribution in [2.75, 3.05) is 5.32 Å². The average Bonchev–Trinajstić information content (AvgIpc) is 3.07. The van der Waals surface area contributed by atoms with Gasteiger partial charge < -0.3 is 9.88 Å². The molecule has 1 aliphatic rings. The molecule has 0 radical (unpaired) electrons. The van der Waals surface area contributed by atoms with Crippen LogP contribution in [-0.2, 0) is 18.9 Å². The fourth-order valence-corrected chi connectivity index (χ4v) is 3.11. The molecule has 0 aliphatic carbocycles. The Morgan fingerprint density at radius 3 is 2.77 bits per heavy atom. The van der Waals surface area contributed by atoms with Crippen LogP contribution >= 0.6 is 0 Å². The lowest BCUT2D eigenvalue weighted by Gasteiger charge is -2.17. The number of imidazole rings is 1. The van der Waals surface area contributed by atoms with Crippen LogP contribution in [0, 0.1) is 5.82 Å². The Morgan fingerprint density at radius 1 is 1.23 bits per heavy atom. The smallest absolute Gasteiger partial charge is 0.181 e. The molecule has 0 unspecified atom stereocenters. The number of nitrogens with zero attached hydrogens (tertiary/aromatic N) is 4. The first-order valence-electron chi connectivity index (χ1n) is 8.46. The minimum Gasteiger partial charge on any atom is -0.343 e. The van der Waals surface area contributed by atoms with Gasteiger partial charge >= 0.3 is 0 Å². The molecule has 4 rings (SSSR count). The van der Waals surface area contributed by atoms with Gasteiger partial charge in [0.2, 0.25) is 0 Å². The van der Waals surface area contributed by atoms with E-state index >= 15 is 0 Å². The number of allylic oxidation sites excluding steroid dienone is 1. The molecule has 1 N–H and O–H groups in total. The lowest BCUT2D eigenvalue weighted by atomic mass is 9.86. The lowest BCUT2D eigenvalue weighted by molar-refractivity contribution is 0.610. The van der Waals surface area contributed by atoms with Crippen LogP contribution < -0.4 is 5.32 Å². The summed E-state index contributed by atoms with van der Waals surface area (Å²) in [7, 11) is 1.89. The Balaban J connectivity index is 1.67. The summed E-state index contributed by atoms with van der Waals surface area (Å²) >= 11 is 0. The topological polar surface area (TPSA) is 55.6 Å². The Bertz CT molecular complexity index is 1020. The third kappa shape index (κ3) is 2.58. The van der Waals surface area contributed by atoms with Gasteiger partial charge in [-0.1, -0.05) is 38.6 Å². The minimum absolute atomic E-state index is 0.200. The second-order valence-electron chi connectivity index (χ2n) is 7.11. The molecule has 5 nitrogen and oxygen atoms in total. The highest BCUT2D eigenvalue weighted by Crippen LogP contribution is 2.41. The van der Waals surface area contributed by atoms with Gasteiger partial charge in [-0.05, 0) is 11.6 Å². The first kappa shape index (κ1) is 16.4. The summed E-state index contributed by atoms with van der Waals surface area (Å²) in [5.74, 6) is 1.84. The van der Waals surface area contributed by atoms with Gasteiger partial charge in [0.1, 0.15) is 23.2 Å². The van der Waals surface area contributed by atoms with Crippen molar-refractivity contribution in [3.63, 3.8) is 0 Å². The summed E-state index contributed by atoms with van der Waals surface area (Å²) in [5, 5.41) is 3.24. The van der Waals surface area contributed by atoms with Crippen LogP contribution in [0.15, 0.2) is 48.9 Å². The number of anilines is 1. The second-order valence-corrected chi connectivity index (χ2v) is 7.11. The van der Waals surface area contributed by atoms with E-state index in [4.69, 9.17) is 0 Å². The van der Waals surface area contributed by atoms with Crippen molar-refractivity contribution >= 4 is 5.82 Å². The van der Waals surface area contributed by atoms with Crippen molar-refractivity contribution in [2.24, 2.45) is 7.05 Å². The quantitative estimate of drug-likeness (QED) is 0.781. The normalized spacial score (nSPS) is 15.0. The first-order valence-corrected chi connectivity index (χ1v) is 8.46. The number of aryl methyl sites for hydroxylation is 1. The van der Waals surface area contributed by atoms with Gasteiger partial charge in [0.05, 0.1) is 0 Å². The Labute approximate surface area is 151 Å². The molecule has 26 heavy (non-hydrogen) atoms. The van der Waals surface area contributed by atoms with E-state index in [9.17, 15) is 4.39 Å². The van der Waals surface area contributed by atoms with E-state index in [0.29, 0.717) is 23.5 Å². The van der Waals surface area contributed by atoms with E-state index in [0.717, 1.165) is 22.9 Å². The van der Waals surface area contributed by atoms with Crippen LogP contribution in [0.1, 0.15) is 30.8 Å². The zero-order valence-electron chi connectivity index (χ0n) is 15.0. The SMILES string of the molecule is C=C1Nc2nc(-c3cn(C)c(Cc4ccccc4F)n3)ncc2C1(C)C. The van der Waals surface area contributed by atoms with Gasteiger partial charge in [-0.3, -0.25) is 0 Å². The molecule has 0 fully saturated rings. The van der Waals surface area contributed by atoms with Crippen LogP contribution in [0.5, 0.6) is 0 Å². The third-order valence-electron chi connectivity index (χ3n) is 4.99. The summed E-state index contributed by atoms with van der Waals surface area (Å²) in [6.45, 7) is 8.24. The molecular weight excluding hydrogens is 329 g/mol. The Morgan fingerprint density at radius 2 is 2.00 bits per heavy atom. The number of hydrogen-bond acceptors (Lipinski definition) is 4. The summed E-state index contributed by atoms with van der Waals surface area (Å²) in [6, 6.07) is 6.74. The molecule has 0 saturated heterocycles. The van der Waals surface area contributed by atoms with Crippen molar-refractivity contribution < 1.29 is 4.39 Å². The standard InChI is InChI=1S/C20H20FN5/c1-12-20(2,3)14-10-22-19(25-18(14)23-12)16-11-26(4)17(24-16)9-13-7-5-6-8-15(13)21/h5-8,10-11H,1,9H2,2-4H3,(H,22,23,25). The van der Waals surface area contributed by atoms with Crippen LogP contribution in [0.25, 0.3) is 11.5 Å². The highest BCUT2D eigenvalue weighted by Gasteiger charge is 2.35. The number of aromatic nitrogens is 4. The van der Waals surface area contributed by atoms with Gasteiger partial charge in [0, 0.05) is 42.5 Å². The number of fused-ring (bicyclic) bond motifs is 1. The maximum absolute atomic E-state index is 13.9. The van der Waals surface area contributed by atoms with Gasteiger partial charge in [-0.25, -0.2) is 19.3 Å². The number of rotatable bonds is 3. The molecule has 3 aromatic rings. The summed E-state index contributed by atoms with van der Waals surface area (Å²) in [6.07, 6.45) is 4.11. The molecule has 0 atom stereocenters. The molecule has 132 valence electrons. The van der Waals surface area contributed by atoms with Crippen LogP contribution in [-0.4, -0.2) is 19.5 Å². The second kappa shape index (κ2) is 5.76. The molecule has 1 aliphatic heterocycles. The number of benzene rings is 1. The van der Waals surface area contributed by atoms with E-state index in [-0.39, 0.29) is 11.2 Å². The van der Waals surface area contributed by atoms with Crippen molar-refractivity contribution in [3.05, 3.63) is 71.7 Å². The van der Waals surface area contributed by atoms with Gasteiger partial charge in [-0.15, -0.1) is 0 Å². The fraction of sp³-hybridized carbons (Fsp3) is 0.250. The monoisotopic (exact) mass is 349 g/mol. The van der Waals surface area contributed by atoms with Gasteiger partial charge in [0.15, 0.2) is 5.82 Å². The van der Waals surface area contributed by atoms with E-state index in [1.54, 1.807) is 12.1 Å². The third-order valence-corrected chi connectivity index (χ3v) is 4.99. The lowest BCUT2D eigenvalue weighted by Crippen LogP contribution is -2.16. The molecule has 0 amide bonds. The van der Waals surface area contributed by atoms with E-state index in [2.05, 4.69) is 40.7 Å². The highest BCUT2D eigenvalue weighted by molar-refractivity contribution is 5.65. The molecular formula is C20H20FN5. The van der Waals surface area contributed by atoms with Crippen molar-refractivity contribution in [1.29, 1.82) is 0 Å². The Hall–Kier alpha value is -3.02. The van der Waals surface area contributed by atoms with E-state index < -0.39 is 0 Å². The van der Waals surface area contributed by atoms with Crippen molar-refractivity contribution in [2.45, 2.75) is 25.7 Å². The molecule has 6 heteroatoms. The highest BCUT2D eigenvalue weighted by atomic mass is 19.1. The van der Waals surface area contributed by atoms with Crippen molar-refractivity contribution in [3.8, 4) is 11.5 Å². The average molecular weight is 349 g/mol. The number of nitrogens with one attached hydrogen (secondary N) is 1. The summed E-state index contributed by atoms with van der Waals surface area (Å²) < 4.78 is 15.8. The molecule has 3 heterocycles. The van der Waals surface area contributed by atoms with E-state index in [1.165, 1.54) is 6.07 Å². The van der Waals surface area contributed by atoms with Crippen LogP contribution in [0.4, 0.5) is 10.2 Å². The van der Waals surface area contributed by atoms with E-state index in [1.807, 2.05) is 30.1 Å². The summed E-state index contributed by atoms with van der Waals surface area (Å²) in [4.78, 5) is 13.7. The fourth-order valence-electron chi connectivity index (χ4n) is 3.11. The minimum atomic E-state index is -0.226. The zero-order valence-corrected chi connectivity index (χ0v) is 15.0. The Kier molecular flexibility index (Phi) is 3.64. The maximum Gasteiger partial charge on any atom is 0.181 e. The van der Waals surface area contributed by atoms with Crippen molar-refractivity contribution in [1.82, 2.24) is 19.5 Å². The largest absolute Gasteiger partial charge is 0.343 e. The molecule has 0 spiro atoms. The number of hydrogen-bond donors (Lipinski definition) is 1. The predicted molar refractivity (Wildman–Crippen MR) is 99.2 cm³/mol. The molecule has 1 aromatic carbocycles. The van der Waals surface area contributed by atoms with Crippen LogP contribution in [0.2, 0.25) is 0 Å².